The van der Waals surface area contributed by atoms with Crippen LogP contribution < -0.4 is 4.74 Å². The summed E-state index contributed by atoms with van der Waals surface area (Å²) in [5.74, 6) is 0.482. The molecule has 0 aliphatic carbocycles. The monoisotopic (exact) mass is 348 g/mol. The number of ether oxygens (including phenoxy) is 1. The van der Waals surface area contributed by atoms with Crippen LogP contribution in [0.25, 0.3) is 0 Å². The van der Waals surface area contributed by atoms with Crippen molar-refractivity contribution in [2.24, 2.45) is 0 Å². The van der Waals surface area contributed by atoms with Gasteiger partial charge in [-0.3, -0.25) is 4.79 Å². The Morgan fingerprint density at radius 3 is 2.48 bits per heavy atom. The fourth-order valence-corrected chi connectivity index (χ4v) is 2.31. The number of amides is 1. The molecule has 0 spiro atoms. The maximum Gasteiger partial charge on any atom is 0.254 e. The van der Waals surface area contributed by atoms with Gasteiger partial charge in [0, 0.05) is 46.0 Å². The van der Waals surface area contributed by atoms with Gasteiger partial charge < -0.3 is 19.4 Å². The number of allylic oxidation sites excluding steroid dienone is 1. The molecule has 140 valence electrons. The molecule has 6 heteroatoms. The summed E-state index contributed by atoms with van der Waals surface area (Å²) in [7, 11) is 9.68. The normalized spacial score (nSPS) is 12.3. The minimum Gasteiger partial charge on any atom is -0.473 e. The van der Waals surface area contributed by atoms with E-state index in [1.54, 1.807) is 32.4 Å². The van der Waals surface area contributed by atoms with E-state index in [1.807, 2.05) is 6.08 Å². The van der Waals surface area contributed by atoms with Gasteiger partial charge in [0.2, 0.25) is 5.88 Å². The van der Waals surface area contributed by atoms with Crippen molar-refractivity contribution < 1.29 is 9.53 Å². The first-order valence-electron chi connectivity index (χ1n) is 8.62. The van der Waals surface area contributed by atoms with E-state index in [1.165, 1.54) is 4.90 Å². The Balaban J connectivity index is 2.67. The minimum atomic E-state index is -0.0642. The number of nitrogens with zero attached hydrogens (tertiary/aromatic N) is 4. The molecule has 6 nitrogen and oxygen atoms in total. The zero-order valence-electron chi connectivity index (χ0n) is 16.2. The van der Waals surface area contributed by atoms with Crippen LogP contribution in [0.4, 0.5) is 0 Å². The van der Waals surface area contributed by atoms with Crippen LogP contribution in [0.2, 0.25) is 0 Å². The van der Waals surface area contributed by atoms with E-state index in [0.29, 0.717) is 11.4 Å². The number of likely N-dealkylation sites (N-methyl/N-ethyl adjacent to an activating group) is 2. The lowest BCUT2D eigenvalue weighted by atomic mass is 10.2. The highest BCUT2D eigenvalue weighted by molar-refractivity contribution is 5.93. The number of hydrogen-bond donors (Lipinski definition) is 0. The van der Waals surface area contributed by atoms with Crippen molar-refractivity contribution in [1.29, 1.82) is 0 Å². The van der Waals surface area contributed by atoms with Crippen molar-refractivity contribution in [3.05, 3.63) is 36.5 Å². The molecule has 0 saturated heterocycles. The topological polar surface area (TPSA) is 48.9 Å². The first-order valence-corrected chi connectivity index (χ1v) is 8.62. The smallest absolute Gasteiger partial charge is 0.254 e. The number of hydrogen-bond acceptors (Lipinski definition) is 5. The van der Waals surface area contributed by atoms with Crippen molar-refractivity contribution in [3.63, 3.8) is 0 Å². The molecule has 1 aromatic rings. The van der Waals surface area contributed by atoms with Crippen LogP contribution in [0, 0.1) is 0 Å². The van der Waals surface area contributed by atoms with Crippen molar-refractivity contribution in [2.45, 2.75) is 18.9 Å². The summed E-state index contributed by atoms with van der Waals surface area (Å²) >= 11 is 0. The van der Waals surface area contributed by atoms with Gasteiger partial charge >= 0.3 is 0 Å². The van der Waals surface area contributed by atoms with Gasteiger partial charge in [0.05, 0.1) is 5.56 Å². The van der Waals surface area contributed by atoms with E-state index < -0.39 is 0 Å². The second-order valence-corrected chi connectivity index (χ2v) is 6.76. The Hall–Kier alpha value is -1.92. The second kappa shape index (κ2) is 10.8. The SMILES string of the molecule is C=CCC[C@@H](CN(C)CCN(C)C)Oc1ccc(C(=O)N(C)C)cn1. The predicted octanol–water partition coefficient (Wildman–Crippen LogP) is 1.99. The average molecular weight is 348 g/mol. The molecule has 0 aliphatic heterocycles. The molecule has 0 fully saturated rings. The number of carbonyl (C=O) groups excluding carboxylic acids is 1. The van der Waals surface area contributed by atoms with Crippen LogP contribution in [-0.2, 0) is 0 Å². The van der Waals surface area contributed by atoms with Gasteiger partial charge in [-0.25, -0.2) is 4.98 Å². The zero-order valence-corrected chi connectivity index (χ0v) is 16.2. The van der Waals surface area contributed by atoms with E-state index in [4.69, 9.17) is 4.74 Å². The standard InChI is InChI=1S/C19H32N4O2/c1-7-8-9-17(15-23(6)13-12-21(2)3)25-18-11-10-16(14-20-18)19(24)22(4)5/h7,10-11,14,17H,1,8-9,12-13,15H2,2-6H3/t17-/m0/s1. The van der Waals surface area contributed by atoms with Crippen molar-refractivity contribution in [3.8, 4) is 5.88 Å². The van der Waals surface area contributed by atoms with E-state index in [-0.39, 0.29) is 12.0 Å². The summed E-state index contributed by atoms with van der Waals surface area (Å²) in [6.45, 7) is 6.59. The lowest BCUT2D eigenvalue weighted by Gasteiger charge is -2.25. The van der Waals surface area contributed by atoms with E-state index in [9.17, 15) is 4.79 Å². The predicted molar refractivity (Wildman–Crippen MR) is 102 cm³/mol. The Morgan fingerprint density at radius 2 is 1.96 bits per heavy atom. The lowest BCUT2D eigenvalue weighted by molar-refractivity contribution is 0.0827. The molecule has 0 bridgehead atoms. The maximum absolute atomic E-state index is 11.9. The summed E-state index contributed by atoms with van der Waals surface area (Å²) in [4.78, 5) is 22.2. The highest BCUT2D eigenvalue weighted by atomic mass is 16.5. The molecule has 0 N–H and O–H groups in total. The Kier molecular flexibility index (Phi) is 9.16. The van der Waals surface area contributed by atoms with Crippen molar-refractivity contribution in [2.75, 3.05) is 54.9 Å². The molecule has 0 saturated carbocycles. The molecule has 1 heterocycles. The van der Waals surface area contributed by atoms with Gasteiger partial charge in [-0.05, 0) is 40.1 Å². The molecule has 0 unspecified atom stereocenters. The van der Waals surface area contributed by atoms with Crippen LogP contribution in [-0.4, -0.2) is 86.6 Å². The molecule has 0 radical (unpaired) electrons. The van der Waals surface area contributed by atoms with Gasteiger partial charge in [0.25, 0.3) is 5.91 Å². The molecule has 0 aromatic carbocycles. The largest absolute Gasteiger partial charge is 0.473 e. The van der Waals surface area contributed by atoms with Crippen LogP contribution in [0.1, 0.15) is 23.2 Å². The van der Waals surface area contributed by atoms with Gasteiger partial charge in [-0.1, -0.05) is 6.08 Å². The summed E-state index contributed by atoms with van der Waals surface area (Å²) in [6.07, 6.45) is 5.28. The summed E-state index contributed by atoms with van der Waals surface area (Å²) in [5.41, 5.74) is 0.558. The molecule has 1 aromatic heterocycles. The molecule has 1 atom stereocenters. The third-order valence-electron chi connectivity index (χ3n) is 3.81. The second-order valence-electron chi connectivity index (χ2n) is 6.76. The third-order valence-corrected chi connectivity index (χ3v) is 3.81. The van der Waals surface area contributed by atoms with Crippen molar-refractivity contribution in [1.82, 2.24) is 19.7 Å². The maximum atomic E-state index is 11.9. The Labute approximate surface area is 152 Å². The number of rotatable bonds is 11. The molecule has 0 aliphatic rings. The minimum absolute atomic E-state index is 0.0352. The Bertz CT molecular complexity index is 529. The Morgan fingerprint density at radius 1 is 1.24 bits per heavy atom. The first kappa shape index (κ1) is 21.1. The van der Waals surface area contributed by atoms with E-state index in [2.05, 4.69) is 42.5 Å². The van der Waals surface area contributed by atoms with Gasteiger partial charge in [-0.2, -0.15) is 0 Å². The van der Waals surface area contributed by atoms with Gasteiger partial charge in [-0.15, -0.1) is 6.58 Å². The summed E-state index contributed by atoms with van der Waals surface area (Å²) in [6, 6.07) is 3.52. The average Bonchev–Trinajstić information content (AvgIpc) is 2.57. The number of carbonyl (C=O) groups is 1. The summed E-state index contributed by atoms with van der Waals surface area (Å²) < 4.78 is 6.05. The van der Waals surface area contributed by atoms with Crippen molar-refractivity contribution >= 4 is 5.91 Å². The zero-order chi connectivity index (χ0) is 18.8. The van der Waals surface area contributed by atoms with Crippen LogP contribution in [0.3, 0.4) is 0 Å². The molecule has 1 amide bonds. The quantitative estimate of drug-likeness (QED) is 0.573. The molecule has 25 heavy (non-hydrogen) atoms. The fourth-order valence-electron chi connectivity index (χ4n) is 2.31. The van der Waals surface area contributed by atoms with Crippen LogP contribution in [0.5, 0.6) is 5.88 Å². The number of aromatic nitrogens is 1. The number of pyridine rings is 1. The molecular weight excluding hydrogens is 316 g/mol. The van der Waals surface area contributed by atoms with Crippen LogP contribution in [0.15, 0.2) is 31.0 Å². The van der Waals surface area contributed by atoms with E-state index in [0.717, 1.165) is 32.5 Å². The van der Waals surface area contributed by atoms with Gasteiger partial charge in [0.1, 0.15) is 6.10 Å². The third kappa shape index (κ3) is 8.14. The lowest BCUT2D eigenvalue weighted by Crippen LogP contribution is -2.37. The fraction of sp³-hybridized carbons (Fsp3) is 0.579. The van der Waals surface area contributed by atoms with Crippen LogP contribution >= 0.6 is 0 Å². The molecular formula is C19H32N4O2. The van der Waals surface area contributed by atoms with Gasteiger partial charge in [0.15, 0.2) is 0 Å². The molecule has 1 rings (SSSR count). The summed E-state index contributed by atoms with van der Waals surface area (Å²) in [5, 5.41) is 0. The highest BCUT2D eigenvalue weighted by Gasteiger charge is 2.15. The first-order chi connectivity index (χ1) is 11.8. The van der Waals surface area contributed by atoms with E-state index >= 15 is 0 Å². The highest BCUT2D eigenvalue weighted by Crippen LogP contribution is 2.14.